The number of piperazine rings is 1. The van der Waals surface area contributed by atoms with Crippen LogP contribution in [0, 0.1) is 12.7 Å². The summed E-state index contributed by atoms with van der Waals surface area (Å²) < 4.78 is 62.2. The Hall–Kier alpha value is -5.58. The summed E-state index contributed by atoms with van der Waals surface area (Å²) in [6.45, 7) is 4.78. The minimum Gasteiger partial charge on any atom is -0.377 e. The van der Waals surface area contributed by atoms with Gasteiger partial charge in [0.15, 0.2) is 17.3 Å². The van der Waals surface area contributed by atoms with Crippen LogP contribution in [0.15, 0.2) is 47.5 Å². The van der Waals surface area contributed by atoms with Gasteiger partial charge in [0.25, 0.3) is 11.5 Å². The first-order valence-electron chi connectivity index (χ1n) is 16.4. The number of aromatic nitrogens is 6. The number of fused-ring (bicyclic) bond motifs is 2. The molecule has 2 aliphatic heterocycles. The van der Waals surface area contributed by atoms with Gasteiger partial charge in [0.2, 0.25) is 11.7 Å². The third-order valence-electron chi connectivity index (χ3n) is 9.17. The summed E-state index contributed by atoms with van der Waals surface area (Å²) >= 11 is 0. The summed E-state index contributed by atoms with van der Waals surface area (Å²) in [5.41, 5.74) is 1.14. The first-order chi connectivity index (χ1) is 24.4. The lowest BCUT2D eigenvalue weighted by atomic mass is 10.1. The Labute approximate surface area is 287 Å². The van der Waals surface area contributed by atoms with Crippen molar-refractivity contribution in [2.45, 2.75) is 39.4 Å². The van der Waals surface area contributed by atoms with E-state index in [2.05, 4.69) is 25.4 Å². The Bertz CT molecular complexity index is 2270. The van der Waals surface area contributed by atoms with E-state index in [4.69, 9.17) is 4.74 Å². The first-order valence-corrected chi connectivity index (χ1v) is 16.4. The molecule has 6 heterocycles. The predicted octanol–water partition coefficient (Wildman–Crippen LogP) is 4.20. The Balaban J connectivity index is 1.22. The first kappa shape index (κ1) is 33.9. The van der Waals surface area contributed by atoms with Crippen LogP contribution in [0.5, 0.6) is 0 Å². The lowest BCUT2D eigenvalue weighted by Gasteiger charge is -2.36. The normalized spacial score (nSPS) is 15.5. The summed E-state index contributed by atoms with van der Waals surface area (Å²) in [4.78, 5) is 56.3. The van der Waals surface area contributed by atoms with Crippen molar-refractivity contribution in [3.63, 3.8) is 0 Å². The van der Waals surface area contributed by atoms with Gasteiger partial charge in [0, 0.05) is 43.4 Å². The number of H-pyrrole nitrogens is 1. The molecule has 2 amide bonds. The zero-order valence-corrected chi connectivity index (χ0v) is 27.7. The van der Waals surface area contributed by atoms with Crippen LogP contribution in [0.4, 0.5) is 28.9 Å². The molecule has 0 unspecified atom stereocenters. The Morgan fingerprint density at radius 1 is 1.12 bits per heavy atom. The highest BCUT2D eigenvalue weighted by Gasteiger charge is 2.32. The molecular weight excluding hydrogens is 674 g/mol. The molecule has 0 atom stereocenters. The number of pyridine rings is 1. The lowest BCUT2D eigenvalue weighted by molar-refractivity contribution is -0.137. The number of alkyl halides is 3. The van der Waals surface area contributed by atoms with Crippen LogP contribution in [0.2, 0.25) is 0 Å². The summed E-state index contributed by atoms with van der Waals surface area (Å²) in [5.74, 6) is -1.02. The van der Waals surface area contributed by atoms with Gasteiger partial charge in [0.1, 0.15) is 12.2 Å². The molecule has 0 bridgehead atoms. The standard InChI is InChI=1S/C34H33F4N9O4/c1-3-25-29(44-10-12-45(13-11-44)31(49)28-27-22(6-9-39-27)23(35)17-40-28)32(50)47-33(42-30(43-47)20-7-14-51-15-8-20)46(25)18-26(48)41-24-5-4-21(16-19(24)2)34(36,37)38/h4-7,9,16-17,39H,3,8,10-15,18H2,1-2H3,(H,41,48). The summed E-state index contributed by atoms with van der Waals surface area (Å²) in [6, 6.07) is 4.61. The Morgan fingerprint density at radius 3 is 2.59 bits per heavy atom. The maximum atomic E-state index is 14.2. The predicted molar refractivity (Wildman–Crippen MR) is 179 cm³/mol. The fourth-order valence-electron chi connectivity index (χ4n) is 6.57. The smallest absolute Gasteiger partial charge is 0.377 e. The molecule has 0 aliphatic carbocycles. The van der Waals surface area contributed by atoms with E-state index in [1.807, 2.05) is 17.9 Å². The fourth-order valence-corrected chi connectivity index (χ4v) is 6.57. The topological polar surface area (TPSA) is 143 Å². The third-order valence-corrected chi connectivity index (χ3v) is 9.17. The zero-order chi connectivity index (χ0) is 36.0. The SMILES string of the molecule is CCc1c(N2CCN(C(=O)c3ncc(F)c4cc[nH]c34)CC2)c(=O)n2nc(C3=CCOCC3)nc2n1CC(=O)Nc1ccc(C(F)(F)F)cc1C. The quantitative estimate of drug-likeness (QED) is 0.240. The van der Waals surface area contributed by atoms with Crippen molar-refractivity contribution in [3.05, 3.63) is 87.2 Å². The fraction of sp³-hybridized carbons (Fsp3) is 0.353. The number of rotatable bonds is 7. The van der Waals surface area contributed by atoms with Gasteiger partial charge in [-0.25, -0.2) is 9.37 Å². The number of nitrogens with one attached hydrogen (secondary N) is 2. The number of carbonyl (C=O) groups is 2. The number of amides is 2. The van der Waals surface area contributed by atoms with Crippen molar-refractivity contribution >= 4 is 45.4 Å². The van der Waals surface area contributed by atoms with Crippen molar-refractivity contribution in [2.75, 3.05) is 49.6 Å². The van der Waals surface area contributed by atoms with Crippen LogP contribution in [0.1, 0.15) is 46.5 Å². The van der Waals surface area contributed by atoms with Gasteiger partial charge in [-0.2, -0.15) is 22.7 Å². The number of ether oxygens (including phenoxy) is 1. The van der Waals surface area contributed by atoms with Gasteiger partial charge >= 0.3 is 6.18 Å². The number of anilines is 2. The molecule has 51 heavy (non-hydrogen) atoms. The maximum Gasteiger partial charge on any atom is 0.416 e. The van der Waals surface area contributed by atoms with Crippen LogP contribution < -0.4 is 15.8 Å². The van der Waals surface area contributed by atoms with Crippen molar-refractivity contribution in [1.29, 1.82) is 0 Å². The molecule has 1 aromatic carbocycles. The van der Waals surface area contributed by atoms with Crippen molar-refractivity contribution in [2.24, 2.45) is 0 Å². The lowest BCUT2D eigenvalue weighted by Crippen LogP contribution is -2.51. The van der Waals surface area contributed by atoms with E-state index in [-0.39, 0.29) is 66.7 Å². The van der Waals surface area contributed by atoms with Gasteiger partial charge in [0.05, 0.1) is 36.2 Å². The third kappa shape index (κ3) is 6.32. The summed E-state index contributed by atoms with van der Waals surface area (Å²) in [5, 5.41) is 7.52. The number of hydrogen-bond acceptors (Lipinski definition) is 8. The molecule has 7 rings (SSSR count). The van der Waals surface area contributed by atoms with Crippen LogP contribution >= 0.6 is 0 Å². The highest BCUT2D eigenvalue weighted by Crippen LogP contribution is 2.32. The van der Waals surface area contributed by atoms with Crippen LogP contribution in [-0.2, 0) is 28.7 Å². The monoisotopic (exact) mass is 707 g/mol. The summed E-state index contributed by atoms with van der Waals surface area (Å²) in [7, 11) is 0. The van der Waals surface area contributed by atoms with Crippen LogP contribution in [-0.4, -0.2) is 85.2 Å². The van der Waals surface area contributed by atoms with Gasteiger partial charge in [-0.15, -0.1) is 5.10 Å². The molecular formula is C34H33F4N9O4. The number of carbonyl (C=O) groups excluding carboxylic acids is 2. The average Bonchev–Trinajstić information content (AvgIpc) is 3.80. The van der Waals surface area contributed by atoms with Crippen molar-refractivity contribution in [1.82, 2.24) is 34.0 Å². The molecule has 266 valence electrons. The number of nitrogens with zero attached hydrogens (tertiary/aromatic N) is 7. The number of aryl methyl sites for hydroxylation is 1. The van der Waals surface area contributed by atoms with Crippen molar-refractivity contribution in [3.8, 4) is 0 Å². The highest BCUT2D eigenvalue weighted by molar-refractivity contribution is 6.04. The van der Waals surface area contributed by atoms with Crippen LogP contribution in [0.25, 0.3) is 22.3 Å². The zero-order valence-electron chi connectivity index (χ0n) is 27.7. The molecule has 0 radical (unpaired) electrons. The van der Waals surface area contributed by atoms with E-state index in [1.165, 1.54) is 29.8 Å². The molecule has 13 nitrogen and oxygen atoms in total. The molecule has 0 spiro atoms. The number of halogens is 4. The maximum absolute atomic E-state index is 14.2. The molecule has 17 heteroatoms. The second-order valence-electron chi connectivity index (χ2n) is 12.3. The van der Waals surface area contributed by atoms with Crippen LogP contribution in [0.3, 0.4) is 0 Å². The van der Waals surface area contributed by atoms with E-state index in [9.17, 15) is 31.9 Å². The highest BCUT2D eigenvalue weighted by atomic mass is 19.4. The largest absolute Gasteiger partial charge is 0.416 e. The molecule has 4 aromatic heterocycles. The molecule has 5 aromatic rings. The molecule has 0 saturated carbocycles. The van der Waals surface area contributed by atoms with E-state index in [0.717, 1.165) is 23.9 Å². The minimum absolute atomic E-state index is 0.0923. The molecule has 2 N–H and O–H groups in total. The van der Waals surface area contributed by atoms with E-state index in [0.29, 0.717) is 48.8 Å². The molecule has 1 fully saturated rings. The van der Waals surface area contributed by atoms with Gasteiger partial charge in [-0.3, -0.25) is 14.4 Å². The second-order valence-corrected chi connectivity index (χ2v) is 12.3. The second kappa shape index (κ2) is 13.3. The summed E-state index contributed by atoms with van der Waals surface area (Å²) in [6.07, 6.45) is 0.703. The average molecular weight is 708 g/mol. The van der Waals surface area contributed by atoms with Gasteiger partial charge in [-0.05, 0) is 55.2 Å². The number of aromatic amines is 1. The minimum atomic E-state index is -4.53. The number of hydrogen-bond donors (Lipinski definition) is 2. The van der Waals surface area contributed by atoms with E-state index < -0.39 is 29.0 Å². The van der Waals surface area contributed by atoms with Gasteiger partial charge in [-0.1, -0.05) is 13.0 Å². The van der Waals surface area contributed by atoms with E-state index in [1.54, 1.807) is 9.47 Å². The molecule has 2 aliphatic rings. The number of benzene rings is 1. The molecule has 1 saturated heterocycles. The van der Waals surface area contributed by atoms with Gasteiger partial charge < -0.3 is 29.4 Å². The Morgan fingerprint density at radius 2 is 1.90 bits per heavy atom. The van der Waals surface area contributed by atoms with Crippen molar-refractivity contribution < 1.29 is 31.9 Å². The van der Waals surface area contributed by atoms with E-state index >= 15 is 0 Å². The Kier molecular flexibility index (Phi) is 8.82.